The standard InChI is InChI=1S/C22H15BrN2O/c23-18-11-13-19(14-12-18)25-21(17-9-5-2-6-10-17)24-20(22(25)26)15-16-7-3-1-4-8-16/h1-15H. The van der Waals surface area contributed by atoms with E-state index in [4.69, 9.17) is 0 Å². The van der Waals surface area contributed by atoms with E-state index in [0.29, 0.717) is 11.5 Å². The van der Waals surface area contributed by atoms with Crippen molar-refractivity contribution in [3.63, 3.8) is 0 Å². The number of halogens is 1. The zero-order valence-electron chi connectivity index (χ0n) is 13.8. The molecule has 1 amide bonds. The van der Waals surface area contributed by atoms with Crippen LogP contribution in [0.2, 0.25) is 0 Å². The van der Waals surface area contributed by atoms with Gasteiger partial charge in [0.1, 0.15) is 11.5 Å². The molecule has 3 aromatic carbocycles. The topological polar surface area (TPSA) is 32.7 Å². The first-order chi connectivity index (χ1) is 12.7. The van der Waals surface area contributed by atoms with Gasteiger partial charge in [-0.1, -0.05) is 76.6 Å². The van der Waals surface area contributed by atoms with E-state index in [1.165, 1.54) is 0 Å². The van der Waals surface area contributed by atoms with E-state index in [1.807, 2.05) is 91.0 Å². The molecule has 1 aliphatic rings. The van der Waals surface area contributed by atoms with E-state index in [9.17, 15) is 4.79 Å². The zero-order valence-corrected chi connectivity index (χ0v) is 15.4. The number of aliphatic imine (C=N–C) groups is 1. The Labute approximate surface area is 160 Å². The second-order valence-corrected chi connectivity index (χ2v) is 6.77. The summed E-state index contributed by atoms with van der Waals surface area (Å²) in [6, 6.07) is 27.2. The Morgan fingerprint density at radius 3 is 2.08 bits per heavy atom. The highest BCUT2D eigenvalue weighted by molar-refractivity contribution is 9.10. The minimum Gasteiger partial charge on any atom is -0.266 e. The summed E-state index contributed by atoms with van der Waals surface area (Å²) in [6.07, 6.45) is 1.82. The smallest absolute Gasteiger partial charge is 0.266 e. The van der Waals surface area contributed by atoms with Crippen LogP contribution in [-0.2, 0) is 4.79 Å². The summed E-state index contributed by atoms with van der Waals surface area (Å²) in [5.74, 6) is 0.509. The molecular formula is C22H15BrN2O. The van der Waals surface area contributed by atoms with E-state index in [-0.39, 0.29) is 5.91 Å². The Balaban J connectivity index is 1.82. The van der Waals surface area contributed by atoms with E-state index in [2.05, 4.69) is 20.9 Å². The van der Waals surface area contributed by atoms with Crippen molar-refractivity contribution >= 4 is 39.4 Å². The van der Waals surface area contributed by atoms with Gasteiger partial charge in [-0.05, 0) is 35.9 Å². The van der Waals surface area contributed by atoms with Crippen molar-refractivity contribution < 1.29 is 4.79 Å². The molecule has 126 valence electrons. The van der Waals surface area contributed by atoms with Gasteiger partial charge in [0, 0.05) is 10.0 Å². The quantitative estimate of drug-likeness (QED) is 0.548. The molecule has 3 nitrogen and oxygen atoms in total. The van der Waals surface area contributed by atoms with Crippen molar-refractivity contribution in [2.24, 2.45) is 4.99 Å². The summed E-state index contributed by atoms with van der Waals surface area (Å²) >= 11 is 3.44. The van der Waals surface area contributed by atoms with Gasteiger partial charge in [-0.25, -0.2) is 4.99 Å². The predicted molar refractivity (Wildman–Crippen MR) is 109 cm³/mol. The van der Waals surface area contributed by atoms with Crippen LogP contribution in [0.1, 0.15) is 11.1 Å². The summed E-state index contributed by atoms with van der Waals surface area (Å²) in [7, 11) is 0. The number of nitrogens with zero attached hydrogens (tertiary/aromatic N) is 2. The molecule has 3 aromatic rings. The normalized spacial score (nSPS) is 15.4. The largest absolute Gasteiger partial charge is 0.282 e. The molecule has 0 saturated heterocycles. The highest BCUT2D eigenvalue weighted by atomic mass is 79.9. The molecule has 0 fully saturated rings. The number of amidine groups is 1. The van der Waals surface area contributed by atoms with Crippen molar-refractivity contribution in [3.05, 3.63) is 106 Å². The maximum Gasteiger partial charge on any atom is 0.282 e. The van der Waals surface area contributed by atoms with E-state index >= 15 is 0 Å². The van der Waals surface area contributed by atoms with Gasteiger partial charge >= 0.3 is 0 Å². The van der Waals surface area contributed by atoms with E-state index < -0.39 is 0 Å². The highest BCUT2D eigenvalue weighted by Crippen LogP contribution is 2.28. The maximum absolute atomic E-state index is 13.1. The van der Waals surface area contributed by atoms with Gasteiger partial charge in [0.15, 0.2) is 0 Å². The lowest BCUT2D eigenvalue weighted by atomic mass is 10.1. The predicted octanol–water partition coefficient (Wildman–Crippen LogP) is 5.28. The zero-order chi connectivity index (χ0) is 17.9. The Bertz CT molecular complexity index is 993. The first-order valence-electron chi connectivity index (χ1n) is 8.23. The van der Waals surface area contributed by atoms with E-state index in [0.717, 1.165) is 21.3 Å². The van der Waals surface area contributed by atoms with Gasteiger partial charge in [-0.3, -0.25) is 9.69 Å². The van der Waals surface area contributed by atoms with Crippen LogP contribution in [0.15, 0.2) is 100 Å². The highest BCUT2D eigenvalue weighted by Gasteiger charge is 2.32. The van der Waals surface area contributed by atoms with Crippen molar-refractivity contribution in [1.29, 1.82) is 0 Å². The molecule has 0 bridgehead atoms. The maximum atomic E-state index is 13.1. The molecule has 26 heavy (non-hydrogen) atoms. The fraction of sp³-hybridized carbons (Fsp3) is 0. The summed E-state index contributed by atoms with van der Waals surface area (Å²) in [5.41, 5.74) is 3.07. The second-order valence-electron chi connectivity index (χ2n) is 5.86. The number of hydrogen-bond donors (Lipinski definition) is 0. The summed E-state index contributed by atoms with van der Waals surface area (Å²) in [4.78, 5) is 19.4. The van der Waals surface area contributed by atoms with Crippen LogP contribution in [-0.4, -0.2) is 11.7 Å². The van der Waals surface area contributed by atoms with Crippen molar-refractivity contribution in [2.45, 2.75) is 0 Å². The third-order valence-corrected chi connectivity index (χ3v) is 4.61. The number of carbonyl (C=O) groups is 1. The molecule has 0 atom stereocenters. The summed E-state index contributed by atoms with van der Waals surface area (Å²) in [6.45, 7) is 0. The van der Waals surface area contributed by atoms with Gasteiger partial charge in [0.2, 0.25) is 0 Å². The van der Waals surface area contributed by atoms with Gasteiger partial charge in [0.25, 0.3) is 5.91 Å². The van der Waals surface area contributed by atoms with Crippen molar-refractivity contribution in [2.75, 3.05) is 4.90 Å². The molecule has 1 heterocycles. The van der Waals surface area contributed by atoms with E-state index in [1.54, 1.807) is 4.90 Å². The van der Waals surface area contributed by atoms with Crippen LogP contribution in [0.3, 0.4) is 0 Å². The van der Waals surface area contributed by atoms with Crippen LogP contribution >= 0.6 is 15.9 Å². The molecule has 0 spiro atoms. The minimum absolute atomic E-state index is 0.130. The summed E-state index contributed by atoms with van der Waals surface area (Å²) < 4.78 is 0.964. The average Bonchev–Trinajstić information content (AvgIpc) is 3.00. The molecule has 0 N–H and O–H groups in total. The monoisotopic (exact) mass is 402 g/mol. The second kappa shape index (κ2) is 7.10. The first kappa shape index (κ1) is 16.5. The van der Waals surface area contributed by atoms with Crippen LogP contribution in [0.5, 0.6) is 0 Å². The Morgan fingerprint density at radius 1 is 0.808 bits per heavy atom. The SMILES string of the molecule is O=C1C(=Cc2ccccc2)N=C(c2ccccc2)N1c1ccc(Br)cc1. The molecular weight excluding hydrogens is 388 g/mol. The molecule has 1 aliphatic heterocycles. The molecule has 0 radical (unpaired) electrons. The molecule has 0 aromatic heterocycles. The fourth-order valence-electron chi connectivity index (χ4n) is 2.83. The first-order valence-corrected chi connectivity index (χ1v) is 9.02. The summed E-state index contributed by atoms with van der Waals surface area (Å²) in [5, 5.41) is 0. The van der Waals surface area contributed by atoms with Crippen LogP contribution in [0.4, 0.5) is 5.69 Å². The molecule has 4 rings (SSSR count). The Kier molecular flexibility index (Phi) is 4.50. The van der Waals surface area contributed by atoms with Gasteiger partial charge in [-0.15, -0.1) is 0 Å². The Hall–Kier alpha value is -2.98. The van der Waals surface area contributed by atoms with Gasteiger partial charge in [0.05, 0.1) is 5.69 Å². The third-order valence-electron chi connectivity index (χ3n) is 4.08. The van der Waals surface area contributed by atoms with Crippen molar-refractivity contribution in [3.8, 4) is 0 Å². The molecule has 4 heteroatoms. The molecule has 0 aliphatic carbocycles. The van der Waals surface area contributed by atoms with Gasteiger partial charge in [-0.2, -0.15) is 0 Å². The molecule has 0 saturated carbocycles. The van der Waals surface area contributed by atoms with Crippen molar-refractivity contribution in [1.82, 2.24) is 0 Å². The number of anilines is 1. The number of benzene rings is 3. The molecule has 0 unspecified atom stereocenters. The fourth-order valence-corrected chi connectivity index (χ4v) is 3.10. The third kappa shape index (κ3) is 3.24. The number of amides is 1. The van der Waals surface area contributed by atoms with Crippen LogP contribution in [0, 0.1) is 0 Å². The average molecular weight is 403 g/mol. The lowest BCUT2D eigenvalue weighted by molar-refractivity contribution is -0.113. The number of carbonyl (C=O) groups excluding carboxylic acids is 1. The minimum atomic E-state index is -0.130. The lowest BCUT2D eigenvalue weighted by Crippen LogP contribution is -2.32. The van der Waals surface area contributed by atoms with Gasteiger partial charge < -0.3 is 0 Å². The number of hydrogen-bond acceptors (Lipinski definition) is 2. The van der Waals surface area contributed by atoms with Crippen LogP contribution in [0.25, 0.3) is 6.08 Å². The number of rotatable bonds is 3. The Morgan fingerprint density at radius 2 is 1.42 bits per heavy atom. The lowest BCUT2D eigenvalue weighted by Gasteiger charge is -2.18. The van der Waals surface area contributed by atoms with Crippen LogP contribution < -0.4 is 4.90 Å².